The molecule has 0 unspecified atom stereocenters. The van der Waals surface area contributed by atoms with Crippen molar-refractivity contribution in [2.75, 3.05) is 27.3 Å². The van der Waals surface area contributed by atoms with Gasteiger partial charge in [0.2, 0.25) is 0 Å². The van der Waals surface area contributed by atoms with E-state index in [1.54, 1.807) is 0 Å². The molecule has 1 fully saturated rings. The smallest absolute Gasteiger partial charge is 0.0466 e. The van der Waals surface area contributed by atoms with Crippen molar-refractivity contribution in [2.45, 2.75) is 12.8 Å². The molecule has 1 rings (SSSR count). The van der Waals surface area contributed by atoms with Gasteiger partial charge in [0.15, 0.2) is 0 Å². The SMILES string of the molecule is C1CCOC1.CNC.[Na]. The summed E-state index contributed by atoms with van der Waals surface area (Å²) in [6.07, 6.45) is 2.56. The average Bonchev–Trinajstić information content (AvgIpc) is 2.17. The molecule has 0 aromatic rings. The maximum atomic E-state index is 4.94. The molecule has 0 bridgehead atoms. The average molecular weight is 140 g/mol. The van der Waals surface area contributed by atoms with E-state index in [1.807, 2.05) is 14.1 Å². The number of nitrogens with one attached hydrogen (secondary N) is 1. The fraction of sp³-hybridized carbons (Fsp3) is 1.00. The Morgan fingerprint density at radius 2 is 1.44 bits per heavy atom. The van der Waals surface area contributed by atoms with E-state index in [2.05, 4.69) is 5.32 Å². The summed E-state index contributed by atoms with van der Waals surface area (Å²) in [4.78, 5) is 0. The molecule has 0 aromatic carbocycles. The van der Waals surface area contributed by atoms with Crippen LogP contribution in [0.15, 0.2) is 0 Å². The van der Waals surface area contributed by atoms with E-state index >= 15 is 0 Å². The predicted octanol–water partition coefficient (Wildman–Crippen LogP) is 0.252. The van der Waals surface area contributed by atoms with Gasteiger partial charge in [-0.05, 0) is 26.9 Å². The van der Waals surface area contributed by atoms with Gasteiger partial charge in [0, 0.05) is 42.8 Å². The monoisotopic (exact) mass is 140 g/mol. The minimum atomic E-state index is 0. The van der Waals surface area contributed by atoms with Gasteiger partial charge in [-0.3, -0.25) is 0 Å². The Hall–Kier alpha value is 0.920. The van der Waals surface area contributed by atoms with E-state index in [0.717, 1.165) is 13.2 Å². The Morgan fingerprint density at radius 1 is 1.11 bits per heavy atom. The Bertz CT molecular complexity index is 32.4. The molecule has 0 spiro atoms. The third-order valence-corrected chi connectivity index (χ3v) is 0.827. The summed E-state index contributed by atoms with van der Waals surface area (Å²) in [6.45, 7) is 2.00. The normalized spacial score (nSPS) is 15.3. The molecule has 0 aliphatic carbocycles. The zero-order valence-corrected chi connectivity index (χ0v) is 8.74. The second-order valence-corrected chi connectivity index (χ2v) is 1.82. The van der Waals surface area contributed by atoms with E-state index in [9.17, 15) is 0 Å². The Morgan fingerprint density at radius 3 is 1.56 bits per heavy atom. The summed E-state index contributed by atoms with van der Waals surface area (Å²) < 4.78 is 4.94. The van der Waals surface area contributed by atoms with E-state index in [1.165, 1.54) is 12.8 Å². The first kappa shape index (κ1) is 12.6. The Balaban J connectivity index is 0. The van der Waals surface area contributed by atoms with Gasteiger partial charge in [0.25, 0.3) is 0 Å². The van der Waals surface area contributed by atoms with Crippen LogP contribution in [0, 0.1) is 0 Å². The summed E-state index contributed by atoms with van der Waals surface area (Å²) >= 11 is 0. The molecule has 1 N–H and O–H groups in total. The molecule has 0 saturated carbocycles. The van der Waals surface area contributed by atoms with Crippen LogP contribution in [0.25, 0.3) is 0 Å². The van der Waals surface area contributed by atoms with Crippen molar-refractivity contribution in [3.05, 3.63) is 0 Å². The van der Waals surface area contributed by atoms with E-state index in [0.29, 0.717) is 0 Å². The number of hydrogen-bond donors (Lipinski definition) is 1. The van der Waals surface area contributed by atoms with Crippen LogP contribution in [0.3, 0.4) is 0 Å². The van der Waals surface area contributed by atoms with Gasteiger partial charge in [-0.1, -0.05) is 0 Å². The molecule has 3 heteroatoms. The molecule has 0 atom stereocenters. The number of hydrogen-bond acceptors (Lipinski definition) is 2. The van der Waals surface area contributed by atoms with Crippen molar-refractivity contribution < 1.29 is 4.74 Å². The van der Waals surface area contributed by atoms with Crippen LogP contribution in [0.2, 0.25) is 0 Å². The second-order valence-electron chi connectivity index (χ2n) is 1.82. The summed E-state index contributed by atoms with van der Waals surface area (Å²) in [5, 5.41) is 2.75. The molecule has 1 heterocycles. The van der Waals surface area contributed by atoms with Gasteiger partial charge in [-0.25, -0.2) is 0 Å². The van der Waals surface area contributed by atoms with Crippen LogP contribution >= 0.6 is 0 Å². The minimum absolute atomic E-state index is 0. The molecule has 2 nitrogen and oxygen atoms in total. The third-order valence-electron chi connectivity index (χ3n) is 0.827. The summed E-state index contributed by atoms with van der Waals surface area (Å²) in [7, 11) is 3.75. The van der Waals surface area contributed by atoms with Crippen molar-refractivity contribution >= 4 is 29.6 Å². The first-order valence-corrected chi connectivity index (χ1v) is 3.08. The van der Waals surface area contributed by atoms with Crippen LogP contribution in [-0.2, 0) is 4.74 Å². The fourth-order valence-corrected chi connectivity index (χ4v) is 0.510. The largest absolute Gasteiger partial charge is 0.381 e. The van der Waals surface area contributed by atoms with Crippen molar-refractivity contribution in [3.8, 4) is 0 Å². The van der Waals surface area contributed by atoms with Gasteiger partial charge in [-0.15, -0.1) is 0 Å². The van der Waals surface area contributed by atoms with E-state index in [-0.39, 0.29) is 29.6 Å². The molecule has 1 saturated heterocycles. The van der Waals surface area contributed by atoms with Crippen molar-refractivity contribution in [2.24, 2.45) is 0 Å². The summed E-state index contributed by atoms with van der Waals surface area (Å²) in [5.41, 5.74) is 0. The van der Waals surface area contributed by atoms with E-state index < -0.39 is 0 Å². The molecule has 0 amide bonds. The van der Waals surface area contributed by atoms with Crippen LogP contribution in [0.1, 0.15) is 12.8 Å². The van der Waals surface area contributed by atoms with Crippen LogP contribution < -0.4 is 5.32 Å². The standard InChI is InChI=1S/C4H8O.C2H7N.Na/c1-2-4-5-3-1;1-3-2;/h1-4H2;3H,1-2H3;. The van der Waals surface area contributed by atoms with Gasteiger partial charge < -0.3 is 10.1 Å². The van der Waals surface area contributed by atoms with Crippen molar-refractivity contribution in [3.63, 3.8) is 0 Å². The van der Waals surface area contributed by atoms with Crippen molar-refractivity contribution in [1.29, 1.82) is 0 Å². The maximum Gasteiger partial charge on any atom is 0.0466 e. The zero-order chi connectivity index (χ0) is 6.24. The number of ether oxygens (including phenoxy) is 1. The first-order valence-electron chi connectivity index (χ1n) is 3.08. The molecule has 1 radical (unpaired) electrons. The van der Waals surface area contributed by atoms with Gasteiger partial charge in [0.1, 0.15) is 0 Å². The van der Waals surface area contributed by atoms with Crippen LogP contribution in [0.5, 0.6) is 0 Å². The Labute approximate surface area is 79.6 Å². The van der Waals surface area contributed by atoms with Gasteiger partial charge in [0.05, 0.1) is 0 Å². The molecule has 9 heavy (non-hydrogen) atoms. The third kappa shape index (κ3) is 12.2. The first-order chi connectivity index (χ1) is 3.91. The van der Waals surface area contributed by atoms with Gasteiger partial charge >= 0.3 is 0 Å². The number of rotatable bonds is 0. The fourth-order valence-electron chi connectivity index (χ4n) is 0.510. The molecule has 1 aliphatic rings. The quantitative estimate of drug-likeness (QED) is 0.487. The Kier molecular flexibility index (Phi) is 16.3. The molecular formula is C6H15NNaO. The molecule has 0 aromatic heterocycles. The summed E-state index contributed by atoms with van der Waals surface area (Å²) in [6, 6.07) is 0. The minimum Gasteiger partial charge on any atom is -0.381 e. The van der Waals surface area contributed by atoms with Gasteiger partial charge in [-0.2, -0.15) is 0 Å². The predicted molar refractivity (Wildman–Crippen MR) is 40.8 cm³/mol. The summed E-state index contributed by atoms with van der Waals surface area (Å²) in [5.74, 6) is 0. The maximum absolute atomic E-state index is 4.94. The molecule has 1 aliphatic heterocycles. The van der Waals surface area contributed by atoms with Crippen molar-refractivity contribution in [1.82, 2.24) is 5.32 Å². The van der Waals surface area contributed by atoms with E-state index in [4.69, 9.17) is 4.74 Å². The topological polar surface area (TPSA) is 21.3 Å². The second kappa shape index (κ2) is 11.7. The van der Waals surface area contributed by atoms with Crippen LogP contribution in [-0.4, -0.2) is 56.9 Å². The zero-order valence-electron chi connectivity index (χ0n) is 6.74. The molecule has 51 valence electrons. The van der Waals surface area contributed by atoms with Crippen LogP contribution in [0.4, 0.5) is 0 Å². The molecular weight excluding hydrogens is 125 g/mol.